The van der Waals surface area contributed by atoms with Gasteiger partial charge < -0.3 is 0 Å². The lowest BCUT2D eigenvalue weighted by Crippen LogP contribution is -2.22. The Morgan fingerprint density at radius 3 is 2.17 bits per heavy atom. The summed E-state index contributed by atoms with van der Waals surface area (Å²) in [6.45, 7) is 2.24. The molecule has 0 amide bonds. The molecule has 0 bridgehead atoms. The molecule has 0 rings (SSSR count). The van der Waals surface area contributed by atoms with E-state index in [2.05, 4.69) is 6.92 Å². The van der Waals surface area contributed by atoms with E-state index in [1.807, 2.05) is 18.7 Å². The Balaban J connectivity index is 3.26. The van der Waals surface area contributed by atoms with Gasteiger partial charge in [-0.3, -0.25) is 10.3 Å². The Labute approximate surface area is 76.5 Å². The third-order valence-electron chi connectivity index (χ3n) is 2.11. The SMILES string of the molecule is CCCCCCCC(N)=[N+](C)C. The van der Waals surface area contributed by atoms with Gasteiger partial charge in [0, 0.05) is 6.42 Å². The van der Waals surface area contributed by atoms with Crippen molar-refractivity contribution < 1.29 is 4.58 Å². The van der Waals surface area contributed by atoms with E-state index in [0.717, 1.165) is 12.3 Å². The summed E-state index contributed by atoms with van der Waals surface area (Å²) in [7, 11) is 4.00. The van der Waals surface area contributed by atoms with Crippen LogP contribution in [0.3, 0.4) is 0 Å². The zero-order chi connectivity index (χ0) is 9.40. The predicted molar refractivity (Wildman–Crippen MR) is 54.7 cm³/mol. The summed E-state index contributed by atoms with van der Waals surface area (Å²) in [5.74, 6) is 1.01. The van der Waals surface area contributed by atoms with E-state index < -0.39 is 0 Å². The summed E-state index contributed by atoms with van der Waals surface area (Å²) in [6.07, 6.45) is 7.65. The largest absolute Gasteiger partial charge is 0.291 e. The Morgan fingerprint density at radius 2 is 1.67 bits per heavy atom. The van der Waals surface area contributed by atoms with Crippen molar-refractivity contribution in [3.8, 4) is 0 Å². The van der Waals surface area contributed by atoms with Gasteiger partial charge in [0.25, 0.3) is 0 Å². The first-order chi connectivity index (χ1) is 5.68. The summed E-state index contributed by atoms with van der Waals surface area (Å²) >= 11 is 0. The zero-order valence-corrected chi connectivity index (χ0v) is 8.77. The molecule has 0 fully saturated rings. The number of nitrogens with two attached hydrogens (primary N) is 1. The summed E-state index contributed by atoms with van der Waals surface area (Å²) in [4.78, 5) is 0. The fourth-order valence-corrected chi connectivity index (χ4v) is 1.13. The average Bonchev–Trinajstić information content (AvgIpc) is 2.03. The Hall–Kier alpha value is -0.530. The lowest BCUT2D eigenvalue weighted by Gasteiger charge is -1.99. The smallest absolute Gasteiger partial charge is 0.242 e. The maximum absolute atomic E-state index is 5.77. The van der Waals surface area contributed by atoms with Gasteiger partial charge in [0.15, 0.2) is 0 Å². The van der Waals surface area contributed by atoms with Crippen LogP contribution in [-0.4, -0.2) is 24.5 Å². The molecule has 0 aromatic rings. The van der Waals surface area contributed by atoms with Crippen LogP contribution in [0.2, 0.25) is 0 Å². The lowest BCUT2D eigenvalue weighted by atomic mass is 10.1. The molecule has 2 N–H and O–H groups in total. The van der Waals surface area contributed by atoms with Crippen molar-refractivity contribution in [2.24, 2.45) is 5.73 Å². The van der Waals surface area contributed by atoms with E-state index in [-0.39, 0.29) is 0 Å². The van der Waals surface area contributed by atoms with Crippen LogP contribution in [0.1, 0.15) is 45.4 Å². The highest BCUT2D eigenvalue weighted by Gasteiger charge is 1.99. The molecule has 72 valence electrons. The molecule has 0 aliphatic rings. The van der Waals surface area contributed by atoms with Crippen molar-refractivity contribution in [2.45, 2.75) is 45.4 Å². The minimum atomic E-state index is 1.01. The van der Waals surface area contributed by atoms with E-state index in [1.165, 1.54) is 32.1 Å². The van der Waals surface area contributed by atoms with Crippen LogP contribution >= 0.6 is 0 Å². The maximum atomic E-state index is 5.77. The summed E-state index contributed by atoms with van der Waals surface area (Å²) in [6, 6.07) is 0. The zero-order valence-electron chi connectivity index (χ0n) is 8.77. The van der Waals surface area contributed by atoms with Gasteiger partial charge >= 0.3 is 0 Å². The van der Waals surface area contributed by atoms with Crippen molar-refractivity contribution >= 4 is 5.84 Å². The first-order valence-corrected chi connectivity index (χ1v) is 4.97. The van der Waals surface area contributed by atoms with Gasteiger partial charge in [-0.25, -0.2) is 0 Å². The van der Waals surface area contributed by atoms with Gasteiger partial charge in [-0.15, -0.1) is 0 Å². The fourth-order valence-electron chi connectivity index (χ4n) is 1.13. The Kier molecular flexibility index (Phi) is 6.82. The molecular weight excluding hydrogens is 148 g/mol. The van der Waals surface area contributed by atoms with E-state index in [0.29, 0.717) is 0 Å². The first kappa shape index (κ1) is 11.5. The van der Waals surface area contributed by atoms with Gasteiger partial charge in [0.2, 0.25) is 5.84 Å². The highest BCUT2D eigenvalue weighted by atomic mass is 15.0. The molecule has 0 heterocycles. The van der Waals surface area contributed by atoms with Crippen LogP contribution in [0, 0.1) is 0 Å². The van der Waals surface area contributed by atoms with Crippen molar-refractivity contribution in [2.75, 3.05) is 14.1 Å². The second-order valence-electron chi connectivity index (χ2n) is 3.55. The van der Waals surface area contributed by atoms with E-state index in [4.69, 9.17) is 5.73 Å². The molecule has 0 saturated heterocycles. The van der Waals surface area contributed by atoms with Gasteiger partial charge in [-0.1, -0.05) is 32.6 Å². The molecule has 2 nitrogen and oxygen atoms in total. The normalized spacial score (nSPS) is 9.92. The van der Waals surface area contributed by atoms with E-state index >= 15 is 0 Å². The minimum Gasteiger partial charge on any atom is -0.291 e. The molecule has 0 saturated carbocycles. The predicted octanol–water partition coefficient (Wildman–Crippen LogP) is 1.98. The van der Waals surface area contributed by atoms with Crippen molar-refractivity contribution in [1.82, 2.24) is 0 Å². The summed E-state index contributed by atoms with van der Waals surface area (Å²) < 4.78 is 2.00. The van der Waals surface area contributed by atoms with Gasteiger partial charge in [0.05, 0.1) is 14.1 Å². The summed E-state index contributed by atoms with van der Waals surface area (Å²) in [5, 5.41) is 0. The molecule has 0 aliphatic heterocycles. The molecule has 0 spiro atoms. The minimum absolute atomic E-state index is 1.01. The number of nitrogens with zero attached hydrogens (tertiary/aromatic N) is 1. The van der Waals surface area contributed by atoms with Crippen LogP contribution in [0.25, 0.3) is 0 Å². The fraction of sp³-hybridized carbons (Fsp3) is 0.900. The average molecular weight is 171 g/mol. The molecule has 12 heavy (non-hydrogen) atoms. The first-order valence-electron chi connectivity index (χ1n) is 4.97. The molecular formula is C10H23N2+. The number of amidine groups is 1. The van der Waals surface area contributed by atoms with Crippen molar-refractivity contribution in [1.29, 1.82) is 0 Å². The highest BCUT2D eigenvalue weighted by Crippen LogP contribution is 2.04. The third-order valence-corrected chi connectivity index (χ3v) is 2.11. The van der Waals surface area contributed by atoms with Crippen LogP contribution in [-0.2, 0) is 0 Å². The molecule has 0 aromatic heterocycles. The second kappa shape index (κ2) is 7.14. The van der Waals surface area contributed by atoms with Crippen molar-refractivity contribution in [3.05, 3.63) is 0 Å². The topological polar surface area (TPSA) is 29.0 Å². The Morgan fingerprint density at radius 1 is 1.08 bits per heavy atom. The van der Waals surface area contributed by atoms with Gasteiger partial charge in [0.1, 0.15) is 0 Å². The molecule has 0 aliphatic carbocycles. The molecule has 0 aromatic carbocycles. The number of hydrogen-bond acceptors (Lipinski definition) is 0. The Bertz CT molecular complexity index is 135. The molecule has 0 unspecified atom stereocenters. The molecule has 0 radical (unpaired) electrons. The van der Waals surface area contributed by atoms with E-state index in [9.17, 15) is 0 Å². The second-order valence-corrected chi connectivity index (χ2v) is 3.55. The standard InChI is InChI=1S/C10H22N2/c1-4-5-6-7-8-9-10(11)12(2)3/h11H,4-9H2,1-3H3/p+1. The number of unbranched alkanes of at least 4 members (excludes halogenated alkanes) is 4. The third kappa shape index (κ3) is 6.20. The van der Waals surface area contributed by atoms with Crippen LogP contribution < -0.4 is 5.73 Å². The number of hydrogen-bond donors (Lipinski definition) is 1. The monoisotopic (exact) mass is 171 g/mol. The quantitative estimate of drug-likeness (QED) is 0.281. The number of rotatable bonds is 6. The van der Waals surface area contributed by atoms with Gasteiger partial charge in [-0.2, -0.15) is 0 Å². The van der Waals surface area contributed by atoms with E-state index in [1.54, 1.807) is 0 Å². The van der Waals surface area contributed by atoms with Crippen LogP contribution in [0.5, 0.6) is 0 Å². The molecule has 0 atom stereocenters. The highest BCUT2D eigenvalue weighted by molar-refractivity contribution is 5.74. The van der Waals surface area contributed by atoms with Crippen LogP contribution in [0.15, 0.2) is 0 Å². The molecule has 2 heteroatoms. The van der Waals surface area contributed by atoms with Crippen molar-refractivity contribution in [3.63, 3.8) is 0 Å². The lowest BCUT2D eigenvalue weighted by molar-refractivity contribution is -0.466. The maximum Gasteiger partial charge on any atom is 0.242 e. The van der Waals surface area contributed by atoms with Crippen LogP contribution in [0.4, 0.5) is 0 Å². The van der Waals surface area contributed by atoms with Gasteiger partial charge in [-0.05, 0) is 6.42 Å². The summed E-state index contributed by atoms with van der Waals surface area (Å²) in [5.41, 5.74) is 5.77.